The van der Waals surface area contributed by atoms with Crippen molar-refractivity contribution in [3.8, 4) is 0 Å². The third-order valence-electron chi connectivity index (χ3n) is 2.52. The van der Waals surface area contributed by atoms with Gasteiger partial charge in [0.15, 0.2) is 5.76 Å². The standard InChI is InChI=1S/C11H18N2O3/c1-7(2)8(3)16-6-9-4-5-15-10(9)11(14)13-12/h4-5,7-8H,6,12H2,1-3H3,(H,13,14). The molecule has 1 rings (SSSR count). The fraction of sp³-hybridized carbons (Fsp3) is 0.545. The molecule has 0 aliphatic carbocycles. The first-order valence-corrected chi connectivity index (χ1v) is 5.25. The van der Waals surface area contributed by atoms with Gasteiger partial charge in [-0.2, -0.15) is 0 Å². The largest absolute Gasteiger partial charge is 0.459 e. The Morgan fingerprint density at radius 2 is 2.25 bits per heavy atom. The van der Waals surface area contributed by atoms with Crippen LogP contribution < -0.4 is 11.3 Å². The first-order valence-electron chi connectivity index (χ1n) is 5.25. The van der Waals surface area contributed by atoms with Gasteiger partial charge in [-0.25, -0.2) is 5.84 Å². The molecule has 1 amide bonds. The SMILES string of the molecule is CC(C)C(C)OCc1ccoc1C(=O)NN. The minimum absolute atomic E-state index is 0.128. The van der Waals surface area contributed by atoms with Crippen molar-refractivity contribution in [3.63, 3.8) is 0 Å². The summed E-state index contributed by atoms with van der Waals surface area (Å²) >= 11 is 0. The molecule has 1 aromatic heterocycles. The lowest BCUT2D eigenvalue weighted by molar-refractivity contribution is 0.0227. The highest BCUT2D eigenvalue weighted by Crippen LogP contribution is 2.14. The summed E-state index contributed by atoms with van der Waals surface area (Å²) in [6, 6.07) is 1.71. The van der Waals surface area contributed by atoms with Crippen LogP contribution in [0.25, 0.3) is 0 Å². The lowest BCUT2D eigenvalue weighted by atomic mass is 10.1. The molecule has 1 heterocycles. The van der Waals surface area contributed by atoms with Crippen LogP contribution in [0, 0.1) is 5.92 Å². The van der Waals surface area contributed by atoms with Crippen LogP contribution in [0.2, 0.25) is 0 Å². The summed E-state index contributed by atoms with van der Waals surface area (Å²) in [5.74, 6) is 5.23. The molecule has 0 spiro atoms. The van der Waals surface area contributed by atoms with Crippen molar-refractivity contribution < 1.29 is 13.9 Å². The van der Waals surface area contributed by atoms with E-state index in [4.69, 9.17) is 15.0 Å². The molecule has 0 saturated carbocycles. The van der Waals surface area contributed by atoms with Gasteiger partial charge in [-0.05, 0) is 18.9 Å². The minimum atomic E-state index is -0.444. The second-order valence-electron chi connectivity index (χ2n) is 4.01. The maximum atomic E-state index is 11.3. The van der Waals surface area contributed by atoms with Gasteiger partial charge >= 0.3 is 5.91 Å². The van der Waals surface area contributed by atoms with Crippen LogP contribution in [-0.4, -0.2) is 12.0 Å². The van der Waals surface area contributed by atoms with Crippen molar-refractivity contribution in [2.45, 2.75) is 33.5 Å². The Bertz CT molecular complexity index is 347. The monoisotopic (exact) mass is 226 g/mol. The van der Waals surface area contributed by atoms with Gasteiger partial charge in [0.1, 0.15) is 0 Å². The van der Waals surface area contributed by atoms with Crippen molar-refractivity contribution in [1.82, 2.24) is 5.43 Å². The first-order chi connectivity index (χ1) is 7.56. The normalized spacial score (nSPS) is 12.8. The number of amides is 1. The zero-order valence-corrected chi connectivity index (χ0v) is 9.82. The molecule has 1 unspecified atom stereocenters. The van der Waals surface area contributed by atoms with Gasteiger partial charge in [0.2, 0.25) is 0 Å². The predicted molar refractivity (Wildman–Crippen MR) is 59.5 cm³/mol. The highest BCUT2D eigenvalue weighted by molar-refractivity contribution is 5.92. The maximum Gasteiger partial charge on any atom is 0.301 e. The fourth-order valence-corrected chi connectivity index (χ4v) is 1.13. The average molecular weight is 226 g/mol. The van der Waals surface area contributed by atoms with Gasteiger partial charge < -0.3 is 9.15 Å². The number of hydrogen-bond acceptors (Lipinski definition) is 4. The van der Waals surface area contributed by atoms with Gasteiger partial charge in [-0.3, -0.25) is 10.2 Å². The van der Waals surface area contributed by atoms with E-state index in [1.807, 2.05) is 12.3 Å². The summed E-state index contributed by atoms with van der Waals surface area (Å²) in [5, 5.41) is 0. The van der Waals surface area contributed by atoms with Gasteiger partial charge in [0, 0.05) is 5.56 Å². The van der Waals surface area contributed by atoms with Gasteiger partial charge in [-0.1, -0.05) is 13.8 Å². The number of ether oxygens (including phenoxy) is 1. The van der Waals surface area contributed by atoms with Crippen molar-refractivity contribution in [1.29, 1.82) is 0 Å². The van der Waals surface area contributed by atoms with Crippen molar-refractivity contribution in [3.05, 3.63) is 23.7 Å². The van der Waals surface area contributed by atoms with E-state index in [-0.39, 0.29) is 11.9 Å². The van der Waals surface area contributed by atoms with Crippen LogP contribution in [0.15, 0.2) is 16.7 Å². The topological polar surface area (TPSA) is 77.5 Å². The fourth-order valence-electron chi connectivity index (χ4n) is 1.13. The number of hydrazine groups is 1. The Kier molecular flexibility index (Phi) is 4.52. The molecule has 0 bridgehead atoms. The Morgan fingerprint density at radius 3 is 2.81 bits per heavy atom. The third-order valence-corrected chi connectivity index (χ3v) is 2.52. The van der Waals surface area contributed by atoms with Crippen LogP contribution in [0.4, 0.5) is 0 Å². The van der Waals surface area contributed by atoms with E-state index in [2.05, 4.69) is 13.8 Å². The molecule has 16 heavy (non-hydrogen) atoms. The molecule has 5 nitrogen and oxygen atoms in total. The van der Waals surface area contributed by atoms with E-state index in [0.717, 1.165) is 0 Å². The van der Waals surface area contributed by atoms with Crippen molar-refractivity contribution in [2.24, 2.45) is 11.8 Å². The Hall–Kier alpha value is -1.33. The summed E-state index contributed by atoms with van der Waals surface area (Å²) < 4.78 is 10.6. The van der Waals surface area contributed by atoms with Crippen LogP contribution in [-0.2, 0) is 11.3 Å². The van der Waals surface area contributed by atoms with Crippen LogP contribution in [0.5, 0.6) is 0 Å². The lowest BCUT2D eigenvalue weighted by Gasteiger charge is -2.16. The highest BCUT2D eigenvalue weighted by atomic mass is 16.5. The molecule has 0 radical (unpaired) electrons. The Balaban J connectivity index is 2.61. The molecule has 0 aliphatic rings. The van der Waals surface area contributed by atoms with Gasteiger partial charge in [0.25, 0.3) is 0 Å². The molecular formula is C11H18N2O3. The number of nitrogens with two attached hydrogens (primary N) is 1. The number of carbonyl (C=O) groups is 1. The van der Waals surface area contributed by atoms with Crippen LogP contribution in [0.3, 0.4) is 0 Å². The summed E-state index contributed by atoms with van der Waals surface area (Å²) in [5.41, 5.74) is 2.73. The second kappa shape index (κ2) is 5.67. The quantitative estimate of drug-likeness (QED) is 0.452. The van der Waals surface area contributed by atoms with E-state index >= 15 is 0 Å². The van der Waals surface area contributed by atoms with E-state index < -0.39 is 5.91 Å². The molecule has 3 N–H and O–H groups in total. The molecular weight excluding hydrogens is 208 g/mol. The molecule has 0 aliphatic heterocycles. The van der Waals surface area contributed by atoms with E-state index in [1.54, 1.807) is 6.07 Å². The number of carbonyl (C=O) groups excluding carboxylic acids is 1. The smallest absolute Gasteiger partial charge is 0.301 e. The first kappa shape index (κ1) is 12.7. The molecule has 1 aromatic rings. The third kappa shape index (κ3) is 3.08. The average Bonchev–Trinajstić information content (AvgIpc) is 2.72. The lowest BCUT2D eigenvalue weighted by Crippen LogP contribution is -2.30. The zero-order valence-electron chi connectivity index (χ0n) is 9.82. The second-order valence-corrected chi connectivity index (χ2v) is 4.01. The number of rotatable bonds is 5. The summed E-state index contributed by atoms with van der Waals surface area (Å²) in [7, 11) is 0. The summed E-state index contributed by atoms with van der Waals surface area (Å²) in [4.78, 5) is 11.3. The van der Waals surface area contributed by atoms with Gasteiger partial charge in [-0.15, -0.1) is 0 Å². The zero-order chi connectivity index (χ0) is 12.1. The molecule has 90 valence electrons. The highest BCUT2D eigenvalue weighted by Gasteiger charge is 2.15. The summed E-state index contributed by atoms with van der Waals surface area (Å²) in [6.45, 7) is 6.49. The van der Waals surface area contributed by atoms with Gasteiger partial charge in [0.05, 0.1) is 19.0 Å². The number of hydrogen-bond donors (Lipinski definition) is 2. The number of nitrogen functional groups attached to an aromatic ring is 1. The molecule has 0 fully saturated rings. The van der Waals surface area contributed by atoms with E-state index in [1.165, 1.54) is 6.26 Å². The number of furan rings is 1. The predicted octanol–water partition coefficient (Wildman–Crippen LogP) is 1.44. The summed E-state index contributed by atoms with van der Waals surface area (Å²) in [6.07, 6.45) is 1.58. The van der Waals surface area contributed by atoms with Crippen LogP contribution >= 0.6 is 0 Å². The molecule has 5 heteroatoms. The van der Waals surface area contributed by atoms with Crippen molar-refractivity contribution >= 4 is 5.91 Å². The van der Waals surface area contributed by atoms with Crippen molar-refractivity contribution in [2.75, 3.05) is 0 Å². The molecule has 0 aromatic carbocycles. The van der Waals surface area contributed by atoms with E-state index in [0.29, 0.717) is 18.1 Å². The molecule has 0 saturated heterocycles. The van der Waals surface area contributed by atoms with E-state index in [9.17, 15) is 4.79 Å². The minimum Gasteiger partial charge on any atom is -0.459 e. The maximum absolute atomic E-state index is 11.3. The number of nitrogens with one attached hydrogen (secondary N) is 1. The Labute approximate surface area is 94.9 Å². The molecule has 1 atom stereocenters. The van der Waals surface area contributed by atoms with Crippen LogP contribution in [0.1, 0.15) is 36.9 Å². The Morgan fingerprint density at radius 1 is 1.56 bits per heavy atom.